The van der Waals surface area contributed by atoms with Gasteiger partial charge < -0.3 is 9.47 Å². The fourth-order valence-electron chi connectivity index (χ4n) is 2.61. The van der Waals surface area contributed by atoms with Crippen molar-refractivity contribution in [2.45, 2.75) is 18.2 Å². The molecule has 0 heterocycles. The first-order valence-electron chi connectivity index (χ1n) is 7.46. The first-order valence-corrected chi connectivity index (χ1v) is 7.46. The summed E-state index contributed by atoms with van der Waals surface area (Å²) in [5, 5.41) is 0. The van der Waals surface area contributed by atoms with Gasteiger partial charge in [0.05, 0.1) is 6.61 Å². The lowest BCUT2D eigenvalue weighted by molar-refractivity contribution is -0.276. The molecule has 0 aliphatic heterocycles. The Labute approximate surface area is 142 Å². The lowest BCUT2D eigenvalue weighted by atomic mass is 9.90. The minimum Gasteiger partial charge on any atom is -0.462 e. The molecule has 1 aromatic carbocycles. The van der Waals surface area contributed by atoms with Crippen molar-refractivity contribution >= 4 is 11.8 Å². The number of carbonyl (C=O) groups is 2. The lowest BCUT2D eigenvalue weighted by Crippen LogP contribution is -2.52. The van der Waals surface area contributed by atoms with Gasteiger partial charge in [-0.25, -0.2) is 4.79 Å². The summed E-state index contributed by atoms with van der Waals surface area (Å²) in [7, 11) is 0.799. The van der Waals surface area contributed by atoms with Crippen LogP contribution in [0.4, 0.5) is 13.2 Å². The number of esters is 1. The molecule has 0 radical (unpaired) electrons. The van der Waals surface area contributed by atoms with E-state index in [0.717, 1.165) is 19.2 Å². The number of carbonyl (C=O) groups excluding carboxylic acids is 2. The molecule has 4 nitrogen and oxygen atoms in total. The predicted molar refractivity (Wildman–Crippen MR) is 83.5 cm³/mol. The van der Waals surface area contributed by atoms with Crippen LogP contribution in [0.15, 0.2) is 54.6 Å². The number of hydrogen-bond donors (Lipinski definition) is 0. The number of allylic oxidation sites excluding steroid dienone is 2. The van der Waals surface area contributed by atoms with Gasteiger partial charge in [0.1, 0.15) is 0 Å². The van der Waals surface area contributed by atoms with Crippen LogP contribution in [0.25, 0.3) is 0 Å². The van der Waals surface area contributed by atoms with Crippen molar-refractivity contribution in [3.8, 4) is 0 Å². The maximum atomic E-state index is 13.7. The van der Waals surface area contributed by atoms with E-state index in [0.29, 0.717) is 5.57 Å². The summed E-state index contributed by atoms with van der Waals surface area (Å²) in [6.45, 7) is 3.33. The van der Waals surface area contributed by atoms with E-state index >= 15 is 0 Å². The highest BCUT2D eigenvalue weighted by molar-refractivity contribution is 5.92. The van der Waals surface area contributed by atoms with E-state index in [1.165, 1.54) is 30.4 Å². The van der Waals surface area contributed by atoms with Gasteiger partial charge in [-0.1, -0.05) is 43.0 Å². The van der Waals surface area contributed by atoms with Gasteiger partial charge in [0.2, 0.25) is 0 Å². The Balaban J connectivity index is 2.26. The van der Waals surface area contributed by atoms with Crippen LogP contribution >= 0.6 is 0 Å². The Bertz CT molecular complexity index is 694. The molecule has 0 saturated heterocycles. The van der Waals surface area contributed by atoms with Crippen LogP contribution in [0.1, 0.15) is 12.0 Å². The summed E-state index contributed by atoms with van der Waals surface area (Å²) in [4.78, 5) is 23.8. The minimum absolute atomic E-state index is 0.0277. The standard InChI is InChI=1S/C18H17F3O4/c1-12-8-9-15(22)10-13(12)11-25-16(23)17(24-2,18(19,20)21)14-6-4-3-5-7-14/h3-9,13H,1,10-11H2,2H3/t13-,17-/m0/s1. The topological polar surface area (TPSA) is 52.6 Å². The molecule has 0 unspecified atom stereocenters. The number of halogens is 3. The van der Waals surface area contributed by atoms with E-state index in [4.69, 9.17) is 4.74 Å². The van der Waals surface area contributed by atoms with Gasteiger partial charge >= 0.3 is 12.1 Å². The van der Waals surface area contributed by atoms with Gasteiger partial charge in [0.25, 0.3) is 5.60 Å². The zero-order valence-electron chi connectivity index (χ0n) is 13.5. The third kappa shape index (κ3) is 3.66. The van der Waals surface area contributed by atoms with Crippen molar-refractivity contribution in [1.82, 2.24) is 0 Å². The highest BCUT2D eigenvalue weighted by Gasteiger charge is 2.64. The van der Waals surface area contributed by atoms with Gasteiger partial charge in [0, 0.05) is 25.0 Å². The number of alkyl halides is 3. The smallest absolute Gasteiger partial charge is 0.432 e. The van der Waals surface area contributed by atoms with E-state index in [9.17, 15) is 22.8 Å². The monoisotopic (exact) mass is 354 g/mol. The third-order valence-corrected chi connectivity index (χ3v) is 4.04. The third-order valence-electron chi connectivity index (χ3n) is 4.04. The average molecular weight is 354 g/mol. The molecular formula is C18H17F3O4. The molecule has 0 fully saturated rings. The Morgan fingerprint density at radius 1 is 1.24 bits per heavy atom. The molecule has 7 heteroatoms. The van der Waals surface area contributed by atoms with E-state index in [1.807, 2.05) is 0 Å². The molecule has 0 aromatic heterocycles. The van der Waals surface area contributed by atoms with Crippen LogP contribution in [0.3, 0.4) is 0 Å². The zero-order valence-corrected chi connectivity index (χ0v) is 13.5. The number of hydrogen-bond acceptors (Lipinski definition) is 4. The van der Waals surface area contributed by atoms with Crippen LogP contribution in [-0.2, 0) is 24.7 Å². The van der Waals surface area contributed by atoms with E-state index < -0.39 is 23.7 Å². The van der Waals surface area contributed by atoms with Crippen LogP contribution in [-0.4, -0.2) is 31.6 Å². The minimum atomic E-state index is -5.03. The molecule has 1 aliphatic rings. The van der Waals surface area contributed by atoms with Gasteiger partial charge in [-0.15, -0.1) is 0 Å². The first kappa shape index (κ1) is 18.9. The molecule has 0 spiro atoms. The molecule has 25 heavy (non-hydrogen) atoms. The van der Waals surface area contributed by atoms with Crippen molar-refractivity contribution in [2.24, 2.45) is 5.92 Å². The quantitative estimate of drug-likeness (QED) is 0.761. The summed E-state index contributed by atoms with van der Waals surface area (Å²) in [5.41, 5.74) is -3.10. The fourth-order valence-corrected chi connectivity index (χ4v) is 2.61. The first-order chi connectivity index (χ1) is 11.7. The lowest BCUT2D eigenvalue weighted by Gasteiger charge is -2.33. The average Bonchev–Trinajstić information content (AvgIpc) is 2.56. The molecule has 134 valence electrons. The normalized spacial score (nSPS) is 20.2. The summed E-state index contributed by atoms with van der Waals surface area (Å²) < 4.78 is 50.7. The maximum absolute atomic E-state index is 13.7. The van der Waals surface area contributed by atoms with Crippen LogP contribution in [0.5, 0.6) is 0 Å². The van der Waals surface area contributed by atoms with E-state index in [1.54, 1.807) is 0 Å². The largest absolute Gasteiger partial charge is 0.462 e. The van der Waals surface area contributed by atoms with Crippen molar-refractivity contribution < 1.29 is 32.2 Å². The van der Waals surface area contributed by atoms with Crippen LogP contribution < -0.4 is 0 Å². The maximum Gasteiger partial charge on any atom is 0.432 e. The summed E-state index contributed by atoms with van der Waals surface area (Å²) in [5.74, 6) is -2.34. The highest BCUT2D eigenvalue weighted by atomic mass is 19.4. The van der Waals surface area contributed by atoms with Crippen molar-refractivity contribution in [1.29, 1.82) is 0 Å². The van der Waals surface area contributed by atoms with Gasteiger partial charge in [-0.2, -0.15) is 13.2 Å². The Hall–Kier alpha value is -2.41. The van der Waals surface area contributed by atoms with Crippen LogP contribution in [0, 0.1) is 5.92 Å². The molecular weight excluding hydrogens is 337 g/mol. The Kier molecular flexibility index (Phi) is 5.47. The fraction of sp³-hybridized carbons (Fsp3) is 0.333. The van der Waals surface area contributed by atoms with Gasteiger partial charge in [-0.3, -0.25) is 4.79 Å². The summed E-state index contributed by atoms with van der Waals surface area (Å²) in [6.07, 6.45) is -2.20. The molecule has 0 N–H and O–H groups in total. The predicted octanol–water partition coefficient (Wildman–Crippen LogP) is 3.34. The Morgan fingerprint density at radius 3 is 2.44 bits per heavy atom. The van der Waals surface area contributed by atoms with Gasteiger partial charge in [0.15, 0.2) is 5.78 Å². The molecule has 2 atom stereocenters. The molecule has 0 saturated carbocycles. The molecule has 0 bridgehead atoms. The van der Waals surface area contributed by atoms with E-state index in [-0.39, 0.29) is 24.4 Å². The number of ether oxygens (including phenoxy) is 2. The number of benzene rings is 1. The second-order valence-corrected chi connectivity index (χ2v) is 5.62. The molecule has 1 aliphatic carbocycles. The molecule has 2 rings (SSSR count). The van der Waals surface area contributed by atoms with E-state index in [2.05, 4.69) is 11.3 Å². The number of methoxy groups -OCH3 is 1. The molecule has 0 amide bonds. The Morgan fingerprint density at radius 2 is 1.88 bits per heavy atom. The van der Waals surface area contributed by atoms with Crippen LogP contribution in [0.2, 0.25) is 0 Å². The zero-order chi connectivity index (χ0) is 18.7. The van der Waals surface area contributed by atoms with Crippen molar-refractivity contribution in [3.63, 3.8) is 0 Å². The van der Waals surface area contributed by atoms with Gasteiger partial charge in [-0.05, 0) is 11.6 Å². The second-order valence-electron chi connectivity index (χ2n) is 5.62. The molecule has 1 aromatic rings. The summed E-state index contributed by atoms with van der Waals surface area (Å²) >= 11 is 0. The second kappa shape index (κ2) is 7.23. The van der Waals surface area contributed by atoms with Crippen molar-refractivity contribution in [2.75, 3.05) is 13.7 Å². The SMILES string of the molecule is C=C1C=CC(=O)C[C@H]1COC(=O)[C@@](OC)(c1ccccc1)C(F)(F)F. The highest BCUT2D eigenvalue weighted by Crippen LogP contribution is 2.43. The summed E-state index contributed by atoms with van der Waals surface area (Å²) in [6, 6.07) is 6.55. The van der Waals surface area contributed by atoms with Crippen molar-refractivity contribution in [3.05, 3.63) is 60.2 Å². The number of ketones is 1. The number of rotatable bonds is 5.